The second-order valence-corrected chi connectivity index (χ2v) is 2.02. The van der Waals surface area contributed by atoms with E-state index in [9.17, 15) is 4.57 Å². The molecular weight excluding hydrogens is 119 g/mol. The zero-order chi connectivity index (χ0) is 5.91. The number of rotatable bonds is 2. The van der Waals surface area contributed by atoms with Crippen LogP contribution in [-0.2, 0) is 9.09 Å². The van der Waals surface area contributed by atoms with Gasteiger partial charge in [-0.2, -0.15) is 0 Å². The van der Waals surface area contributed by atoms with Crippen LogP contribution in [0.5, 0.6) is 0 Å². The maximum Gasteiger partial charge on any atom is 0.509 e. The molecule has 0 aliphatic heterocycles. The Morgan fingerprint density at radius 1 is 1.71 bits per heavy atom. The Balaban J connectivity index is 3.36. The highest BCUT2D eigenvalue weighted by Gasteiger charge is 2.17. The first kappa shape index (κ1) is 6.98. The van der Waals surface area contributed by atoms with E-state index in [0.717, 1.165) is 6.61 Å². The largest absolute Gasteiger partial charge is 0.509 e. The molecule has 7 heavy (non-hydrogen) atoms. The summed E-state index contributed by atoms with van der Waals surface area (Å²) >= 11 is 0. The fourth-order valence-electron chi connectivity index (χ4n) is 0.137. The van der Waals surface area contributed by atoms with Crippen LogP contribution in [0.15, 0.2) is 0 Å². The molecule has 0 heterocycles. The molecule has 0 amide bonds. The third-order valence-corrected chi connectivity index (χ3v) is 0.728. The van der Waals surface area contributed by atoms with E-state index < -0.39 is 7.82 Å². The lowest BCUT2D eigenvalue weighted by molar-refractivity contribution is 0.238. The monoisotopic (exact) mass is 125 g/mol. The van der Waals surface area contributed by atoms with E-state index in [1.165, 1.54) is 6.92 Å². The van der Waals surface area contributed by atoms with Crippen molar-refractivity contribution in [1.82, 2.24) is 0 Å². The lowest BCUT2D eigenvalue weighted by atomic mass is 10.9. The van der Waals surface area contributed by atoms with Crippen molar-refractivity contribution in [2.75, 3.05) is 0 Å². The Morgan fingerprint density at radius 3 is 2.14 bits per heavy atom. The molecule has 0 unspecified atom stereocenters. The Hall–Kier alpha value is -0.0200. The standard InChI is InChI=1S/C2H5O4P/c1-2-6-7(3,4)5/h2H,1H3,(H-,3,4,5)/p+1. The molecule has 5 heteroatoms. The van der Waals surface area contributed by atoms with Crippen molar-refractivity contribution in [2.45, 2.75) is 6.92 Å². The second-order valence-electron chi connectivity index (χ2n) is 0.832. The molecule has 0 aromatic carbocycles. The van der Waals surface area contributed by atoms with Gasteiger partial charge in [0.2, 0.25) is 6.61 Å². The Morgan fingerprint density at radius 2 is 2.14 bits per heavy atom. The van der Waals surface area contributed by atoms with Crippen LogP contribution in [0.2, 0.25) is 0 Å². The van der Waals surface area contributed by atoms with Gasteiger partial charge in [-0.25, -0.2) is 4.57 Å². The smallest absolute Gasteiger partial charge is 0.300 e. The van der Waals surface area contributed by atoms with Crippen LogP contribution in [0.1, 0.15) is 6.92 Å². The van der Waals surface area contributed by atoms with E-state index >= 15 is 0 Å². The molecule has 0 fully saturated rings. The Labute approximate surface area is 41.4 Å². The molecule has 0 radical (unpaired) electrons. The predicted octanol–water partition coefficient (Wildman–Crippen LogP) is 0.277. The van der Waals surface area contributed by atoms with Crippen molar-refractivity contribution in [3.05, 3.63) is 6.61 Å². The summed E-state index contributed by atoms with van der Waals surface area (Å²) in [4.78, 5) is 15.8. The summed E-state index contributed by atoms with van der Waals surface area (Å²) in [5.74, 6) is 0. The quantitative estimate of drug-likeness (QED) is 0.410. The molecule has 0 bridgehead atoms. The summed E-state index contributed by atoms with van der Waals surface area (Å²) in [6, 6.07) is 0. The molecule has 0 saturated carbocycles. The molecule has 0 aromatic rings. The van der Waals surface area contributed by atoms with Gasteiger partial charge in [-0.15, -0.1) is 0 Å². The van der Waals surface area contributed by atoms with Crippen molar-refractivity contribution in [2.24, 2.45) is 0 Å². The molecule has 0 spiro atoms. The summed E-state index contributed by atoms with van der Waals surface area (Å²) in [6.45, 7) is 2.33. The molecular formula is C2H6O4P+. The predicted molar refractivity (Wildman–Crippen MR) is 23.1 cm³/mol. The zero-order valence-electron chi connectivity index (χ0n) is 3.74. The van der Waals surface area contributed by atoms with Gasteiger partial charge < -0.3 is 9.79 Å². The summed E-state index contributed by atoms with van der Waals surface area (Å²) in [7, 11) is -4.22. The van der Waals surface area contributed by atoms with Crippen molar-refractivity contribution in [3.8, 4) is 0 Å². The van der Waals surface area contributed by atoms with Crippen LogP contribution in [0.25, 0.3) is 0 Å². The van der Waals surface area contributed by atoms with Crippen LogP contribution in [0.3, 0.4) is 0 Å². The van der Waals surface area contributed by atoms with E-state index in [0.29, 0.717) is 0 Å². The van der Waals surface area contributed by atoms with Gasteiger partial charge in [0.15, 0.2) is 0 Å². The van der Waals surface area contributed by atoms with E-state index in [4.69, 9.17) is 9.79 Å². The number of phosphoric ester groups is 1. The first-order valence-corrected chi connectivity index (χ1v) is 3.11. The third-order valence-electron chi connectivity index (χ3n) is 0.243. The molecule has 0 aliphatic rings. The Bertz CT molecular complexity index is 83.7. The van der Waals surface area contributed by atoms with Gasteiger partial charge in [-0.05, 0) is 0 Å². The van der Waals surface area contributed by atoms with Gasteiger partial charge in [-0.3, -0.25) is 0 Å². The summed E-state index contributed by atoms with van der Waals surface area (Å²) in [5, 5.41) is 0. The topological polar surface area (TPSA) is 66.8 Å². The number of hydrogen-bond donors (Lipinski definition) is 2. The summed E-state index contributed by atoms with van der Waals surface area (Å²) in [6.07, 6.45) is 0. The van der Waals surface area contributed by atoms with Gasteiger partial charge in [0.25, 0.3) is 0 Å². The molecule has 0 rings (SSSR count). The van der Waals surface area contributed by atoms with Crippen LogP contribution in [0.4, 0.5) is 0 Å². The minimum absolute atomic E-state index is 0.945. The highest BCUT2D eigenvalue weighted by molar-refractivity contribution is 7.46. The maximum atomic E-state index is 9.67. The average molecular weight is 125 g/mol. The van der Waals surface area contributed by atoms with Crippen LogP contribution >= 0.6 is 7.82 Å². The van der Waals surface area contributed by atoms with Gasteiger partial charge in [0.1, 0.15) is 6.92 Å². The normalized spacial score (nSPS) is 11.3. The van der Waals surface area contributed by atoms with Gasteiger partial charge in [0, 0.05) is 0 Å². The lowest BCUT2D eigenvalue weighted by Gasteiger charge is -1.89. The minimum atomic E-state index is -4.22. The SMILES string of the molecule is C[CH+]OP(=O)(O)O. The van der Waals surface area contributed by atoms with Gasteiger partial charge in [-0.1, -0.05) is 4.52 Å². The fraction of sp³-hybridized carbons (Fsp3) is 0.500. The number of hydrogen-bond acceptors (Lipinski definition) is 2. The maximum absolute atomic E-state index is 9.67. The van der Waals surface area contributed by atoms with E-state index in [2.05, 4.69) is 4.52 Å². The minimum Gasteiger partial charge on any atom is -0.300 e. The molecule has 4 nitrogen and oxygen atoms in total. The lowest BCUT2D eigenvalue weighted by Crippen LogP contribution is -1.79. The summed E-state index contributed by atoms with van der Waals surface area (Å²) < 4.78 is 13.4. The molecule has 0 saturated heterocycles. The van der Waals surface area contributed by atoms with Crippen LogP contribution < -0.4 is 0 Å². The molecule has 0 aliphatic carbocycles. The van der Waals surface area contributed by atoms with Gasteiger partial charge >= 0.3 is 7.82 Å². The third kappa shape index (κ3) is 5.98. The second kappa shape index (κ2) is 2.33. The van der Waals surface area contributed by atoms with Crippen LogP contribution in [-0.4, -0.2) is 9.79 Å². The van der Waals surface area contributed by atoms with Crippen molar-refractivity contribution in [1.29, 1.82) is 0 Å². The first-order valence-electron chi connectivity index (χ1n) is 1.58. The molecule has 0 aromatic heterocycles. The zero-order valence-corrected chi connectivity index (χ0v) is 4.63. The Kier molecular flexibility index (Phi) is 2.32. The van der Waals surface area contributed by atoms with Crippen molar-refractivity contribution in [3.63, 3.8) is 0 Å². The highest BCUT2D eigenvalue weighted by atomic mass is 31.2. The highest BCUT2D eigenvalue weighted by Crippen LogP contribution is 2.36. The van der Waals surface area contributed by atoms with Crippen LogP contribution in [0, 0.1) is 6.61 Å². The van der Waals surface area contributed by atoms with E-state index in [-0.39, 0.29) is 0 Å². The molecule has 42 valence electrons. The molecule has 2 N–H and O–H groups in total. The van der Waals surface area contributed by atoms with Gasteiger partial charge in [0.05, 0.1) is 0 Å². The number of phosphoric acid groups is 1. The molecule has 0 atom stereocenters. The first-order chi connectivity index (χ1) is 3.06. The van der Waals surface area contributed by atoms with E-state index in [1.54, 1.807) is 0 Å². The average Bonchev–Trinajstić information content (AvgIpc) is 1.30. The van der Waals surface area contributed by atoms with Crippen molar-refractivity contribution < 1.29 is 18.9 Å². The fourth-order valence-corrected chi connectivity index (χ4v) is 0.412. The summed E-state index contributed by atoms with van der Waals surface area (Å²) in [5.41, 5.74) is 0. The van der Waals surface area contributed by atoms with E-state index in [1.807, 2.05) is 0 Å². The van der Waals surface area contributed by atoms with Crippen molar-refractivity contribution >= 4 is 7.82 Å².